The molecule has 118 valence electrons. The summed E-state index contributed by atoms with van der Waals surface area (Å²) in [4.78, 5) is 16.3. The Balaban J connectivity index is 2.03. The smallest absolute Gasteiger partial charge is 0.226 e. The Morgan fingerprint density at radius 1 is 1.27 bits per heavy atom. The summed E-state index contributed by atoms with van der Waals surface area (Å²) < 4.78 is 0. The molecule has 1 N–H and O–H groups in total. The number of aromatic nitrogens is 1. The first kappa shape index (κ1) is 17.0. The monoisotopic (exact) mass is 336 g/mol. The first-order valence-corrected chi connectivity index (χ1v) is 8.75. The van der Waals surface area contributed by atoms with Gasteiger partial charge >= 0.3 is 0 Å². The number of nitrogens with zero attached hydrogens (tertiary/aromatic N) is 1. The normalized spacial score (nSPS) is 12.4. The van der Waals surface area contributed by atoms with Gasteiger partial charge in [0.15, 0.2) is 5.13 Å². The van der Waals surface area contributed by atoms with Crippen LogP contribution in [0.4, 0.5) is 5.13 Å². The number of anilines is 1. The molecule has 1 amide bonds. The zero-order valence-electron chi connectivity index (χ0n) is 12.9. The second-order valence-corrected chi connectivity index (χ2v) is 7.14. The highest BCUT2D eigenvalue weighted by Gasteiger charge is 2.17. The third-order valence-electron chi connectivity index (χ3n) is 3.54. The van der Waals surface area contributed by atoms with Crippen molar-refractivity contribution in [3.63, 3.8) is 0 Å². The highest BCUT2D eigenvalue weighted by Crippen LogP contribution is 2.28. The molecule has 0 saturated carbocycles. The quantitative estimate of drug-likeness (QED) is 0.741. The lowest BCUT2D eigenvalue weighted by atomic mass is 9.88. The maximum absolute atomic E-state index is 12.2. The molecular formula is C17H21ClN2OS. The number of hydrogen-bond donors (Lipinski definition) is 1. The van der Waals surface area contributed by atoms with Crippen LogP contribution in [0.15, 0.2) is 35.8 Å². The molecule has 0 aliphatic heterocycles. The van der Waals surface area contributed by atoms with Crippen molar-refractivity contribution >= 4 is 34.0 Å². The number of carbonyl (C=O) groups is 1. The fourth-order valence-corrected chi connectivity index (χ4v) is 3.01. The van der Waals surface area contributed by atoms with Gasteiger partial charge in [0, 0.05) is 23.0 Å². The van der Waals surface area contributed by atoms with Gasteiger partial charge in [0.2, 0.25) is 5.91 Å². The van der Waals surface area contributed by atoms with Gasteiger partial charge < -0.3 is 5.32 Å². The van der Waals surface area contributed by atoms with Gasteiger partial charge in [-0.3, -0.25) is 4.79 Å². The molecule has 5 heteroatoms. The summed E-state index contributed by atoms with van der Waals surface area (Å²) in [5, 5.41) is 6.09. The molecule has 1 aromatic heterocycles. The number of amides is 1. The lowest BCUT2D eigenvalue weighted by Crippen LogP contribution is -2.16. The summed E-state index contributed by atoms with van der Waals surface area (Å²) in [6, 6.07) is 7.81. The van der Waals surface area contributed by atoms with Gasteiger partial charge in [-0.15, -0.1) is 11.3 Å². The van der Waals surface area contributed by atoms with Crippen LogP contribution >= 0.6 is 22.9 Å². The molecule has 0 aliphatic rings. The van der Waals surface area contributed by atoms with Crippen molar-refractivity contribution in [2.75, 3.05) is 5.32 Å². The van der Waals surface area contributed by atoms with Crippen LogP contribution in [-0.2, 0) is 4.79 Å². The lowest BCUT2D eigenvalue weighted by Gasteiger charge is -2.18. The number of thiazole rings is 1. The third kappa shape index (κ3) is 5.43. The van der Waals surface area contributed by atoms with E-state index in [1.54, 1.807) is 6.20 Å². The number of benzene rings is 1. The van der Waals surface area contributed by atoms with E-state index < -0.39 is 0 Å². The van der Waals surface area contributed by atoms with Crippen LogP contribution in [0.2, 0.25) is 5.02 Å². The summed E-state index contributed by atoms with van der Waals surface area (Å²) in [7, 11) is 0. The van der Waals surface area contributed by atoms with Gasteiger partial charge in [-0.05, 0) is 36.0 Å². The minimum atomic E-state index is 0.0126. The molecule has 22 heavy (non-hydrogen) atoms. The van der Waals surface area contributed by atoms with Crippen LogP contribution in [0.5, 0.6) is 0 Å². The highest BCUT2D eigenvalue weighted by molar-refractivity contribution is 7.13. The molecule has 0 bridgehead atoms. The van der Waals surface area contributed by atoms with Crippen LogP contribution in [0.1, 0.15) is 44.6 Å². The fraction of sp³-hybridized carbons (Fsp3) is 0.412. The van der Waals surface area contributed by atoms with Crippen molar-refractivity contribution in [2.45, 2.75) is 39.0 Å². The predicted molar refractivity (Wildman–Crippen MR) is 93.6 cm³/mol. The Bertz CT molecular complexity index is 581. The molecule has 0 fully saturated rings. The van der Waals surface area contributed by atoms with E-state index in [0.29, 0.717) is 17.5 Å². The maximum atomic E-state index is 12.2. The second kappa shape index (κ2) is 8.30. The Hall–Kier alpha value is -1.39. The third-order valence-corrected chi connectivity index (χ3v) is 4.48. The van der Waals surface area contributed by atoms with Crippen molar-refractivity contribution in [2.24, 2.45) is 5.92 Å². The van der Waals surface area contributed by atoms with E-state index in [1.807, 2.05) is 29.6 Å². The van der Waals surface area contributed by atoms with Gasteiger partial charge in [0.1, 0.15) is 0 Å². The van der Waals surface area contributed by atoms with E-state index in [2.05, 4.69) is 24.1 Å². The van der Waals surface area contributed by atoms with E-state index in [0.717, 1.165) is 17.9 Å². The predicted octanol–water partition coefficient (Wildman–Crippen LogP) is 5.35. The molecule has 3 nitrogen and oxygen atoms in total. The van der Waals surface area contributed by atoms with Crippen molar-refractivity contribution in [3.05, 3.63) is 46.4 Å². The number of hydrogen-bond acceptors (Lipinski definition) is 3. The molecule has 1 aromatic carbocycles. The van der Waals surface area contributed by atoms with Gasteiger partial charge in [-0.25, -0.2) is 4.98 Å². The molecule has 2 aromatic rings. The van der Waals surface area contributed by atoms with E-state index in [-0.39, 0.29) is 11.8 Å². The van der Waals surface area contributed by atoms with Crippen molar-refractivity contribution in [1.82, 2.24) is 4.98 Å². The zero-order valence-corrected chi connectivity index (χ0v) is 14.5. The molecule has 0 aliphatic carbocycles. The Kier molecular flexibility index (Phi) is 6.40. The van der Waals surface area contributed by atoms with Gasteiger partial charge in [-0.2, -0.15) is 0 Å². The fourth-order valence-electron chi connectivity index (χ4n) is 2.34. The number of carbonyl (C=O) groups excluding carboxylic acids is 1. The average molecular weight is 337 g/mol. The molecule has 1 heterocycles. The van der Waals surface area contributed by atoms with E-state index in [1.165, 1.54) is 16.9 Å². The van der Waals surface area contributed by atoms with Crippen LogP contribution < -0.4 is 5.32 Å². The summed E-state index contributed by atoms with van der Waals surface area (Å²) in [6.45, 7) is 4.41. The summed E-state index contributed by atoms with van der Waals surface area (Å²) in [5.41, 5.74) is 1.17. The highest BCUT2D eigenvalue weighted by atomic mass is 35.5. The Morgan fingerprint density at radius 3 is 2.59 bits per heavy atom. The standard InChI is InChI=1S/C17H21ClN2OS/c1-12(2)3-4-14(13-5-7-15(18)8-6-13)11-16(21)20-17-19-9-10-22-17/h5-10,12,14H,3-4,11H2,1-2H3,(H,19,20,21). The van der Waals surface area contributed by atoms with E-state index in [9.17, 15) is 4.79 Å². The largest absolute Gasteiger partial charge is 0.302 e. The van der Waals surface area contributed by atoms with Crippen LogP contribution in [0.3, 0.4) is 0 Å². The van der Waals surface area contributed by atoms with Gasteiger partial charge in [0.25, 0.3) is 0 Å². The Morgan fingerprint density at radius 2 is 2.00 bits per heavy atom. The van der Waals surface area contributed by atoms with Crippen molar-refractivity contribution in [1.29, 1.82) is 0 Å². The number of nitrogens with one attached hydrogen (secondary N) is 1. The SMILES string of the molecule is CC(C)CCC(CC(=O)Nc1nccs1)c1ccc(Cl)cc1. The topological polar surface area (TPSA) is 42.0 Å². The molecular weight excluding hydrogens is 316 g/mol. The molecule has 0 saturated heterocycles. The minimum absolute atomic E-state index is 0.0126. The second-order valence-electron chi connectivity index (χ2n) is 5.81. The Labute approximate surface area is 140 Å². The first-order chi connectivity index (χ1) is 10.5. The molecule has 2 rings (SSSR count). The molecule has 1 unspecified atom stereocenters. The molecule has 1 atom stereocenters. The van der Waals surface area contributed by atoms with Crippen molar-refractivity contribution in [3.8, 4) is 0 Å². The zero-order chi connectivity index (χ0) is 15.9. The number of halogens is 1. The summed E-state index contributed by atoms with van der Waals surface area (Å²) in [5.74, 6) is 0.843. The van der Waals surface area contributed by atoms with Crippen LogP contribution in [0.25, 0.3) is 0 Å². The molecule has 0 radical (unpaired) electrons. The average Bonchev–Trinajstić information content (AvgIpc) is 2.97. The van der Waals surface area contributed by atoms with Gasteiger partial charge in [-0.1, -0.05) is 44.0 Å². The minimum Gasteiger partial charge on any atom is -0.302 e. The lowest BCUT2D eigenvalue weighted by molar-refractivity contribution is -0.116. The summed E-state index contributed by atoms with van der Waals surface area (Å²) >= 11 is 7.39. The van der Waals surface area contributed by atoms with Crippen molar-refractivity contribution < 1.29 is 4.79 Å². The summed E-state index contributed by atoms with van der Waals surface area (Å²) in [6.07, 6.45) is 4.24. The maximum Gasteiger partial charge on any atom is 0.226 e. The van der Waals surface area contributed by atoms with E-state index in [4.69, 9.17) is 11.6 Å². The van der Waals surface area contributed by atoms with Crippen LogP contribution in [0, 0.1) is 5.92 Å². The van der Waals surface area contributed by atoms with Crippen LogP contribution in [-0.4, -0.2) is 10.9 Å². The first-order valence-electron chi connectivity index (χ1n) is 7.49. The molecule has 0 spiro atoms. The van der Waals surface area contributed by atoms with Gasteiger partial charge in [0.05, 0.1) is 0 Å². The van der Waals surface area contributed by atoms with E-state index >= 15 is 0 Å². The number of rotatable bonds is 7.